The number of carbonyl (C=O) groups excluding carboxylic acids is 2. The van der Waals surface area contributed by atoms with Gasteiger partial charge in [0.05, 0.1) is 6.67 Å². The van der Waals surface area contributed by atoms with Crippen LogP contribution < -0.4 is 10.1 Å². The molecule has 2 fully saturated rings. The van der Waals surface area contributed by atoms with Crippen LogP contribution in [0.1, 0.15) is 12.8 Å². The molecule has 7 nitrogen and oxygen atoms in total. The van der Waals surface area contributed by atoms with Crippen molar-refractivity contribution in [3.63, 3.8) is 0 Å². The highest BCUT2D eigenvalue weighted by atomic mass is 35.5. The highest BCUT2D eigenvalue weighted by Gasteiger charge is 2.52. The van der Waals surface area contributed by atoms with Crippen molar-refractivity contribution < 1.29 is 14.3 Å². The van der Waals surface area contributed by atoms with Crippen molar-refractivity contribution in [3.8, 4) is 5.75 Å². The van der Waals surface area contributed by atoms with E-state index >= 15 is 0 Å². The summed E-state index contributed by atoms with van der Waals surface area (Å²) in [5.74, 6) is 0.629. The van der Waals surface area contributed by atoms with E-state index in [1.807, 2.05) is 31.1 Å². The van der Waals surface area contributed by atoms with Crippen LogP contribution in [-0.2, 0) is 4.79 Å². The molecule has 1 spiro atoms. The fraction of sp³-hybridized carbons (Fsp3) is 0.556. The van der Waals surface area contributed by atoms with Gasteiger partial charge >= 0.3 is 6.03 Å². The van der Waals surface area contributed by atoms with Gasteiger partial charge in [0.1, 0.15) is 17.9 Å². The molecular weight excluding hydrogens is 356 g/mol. The topological polar surface area (TPSA) is 65.1 Å². The molecule has 3 amide bonds. The molecule has 0 bridgehead atoms. The molecule has 0 saturated carbocycles. The van der Waals surface area contributed by atoms with Gasteiger partial charge in [-0.05, 0) is 51.2 Å². The third-order valence-corrected chi connectivity index (χ3v) is 5.28. The summed E-state index contributed by atoms with van der Waals surface area (Å²) in [6.07, 6.45) is 1.32. The number of urea groups is 1. The maximum Gasteiger partial charge on any atom is 0.326 e. The van der Waals surface area contributed by atoms with Crippen LogP contribution in [0.2, 0.25) is 5.02 Å². The smallest absolute Gasteiger partial charge is 0.326 e. The fourth-order valence-corrected chi connectivity index (χ4v) is 3.43. The third kappa shape index (κ3) is 4.11. The molecule has 0 aliphatic carbocycles. The van der Waals surface area contributed by atoms with E-state index in [0.717, 1.165) is 18.8 Å². The summed E-state index contributed by atoms with van der Waals surface area (Å²) in [6.45, 7) is 2.93. The molecule has 2 aliphatic rings. The highest BCUT2D eigenvalue weighted by molar-refractivity contribution is 6.30. The van der Waals surface area contributed by atoms with Crippen LogP contribution in [-0.4, -0.2) is 79.2 Å². The van der Waals surface area contributed by atoms with E-state index in [0.29, 0.717) is 31.0 Å². The first-order valence-corrected chi connectivity index (χ1v) is 9.17. The lowest BCUT2D eigenvalue weighted by molar-refractivity contribution is -0.134. The number of halogens is 1. The van der Waals surface area contributed by atoms with Crippen molar-refractivity contribution in [1.29, 1.82) is 0 Å². The largest absolute Gasteiger partial charge is 0.492 e. The lowest BCUT2D eigenvalue weighted by Crippen LogP contribution is -2.54. The van der Waals surface area contributed by atoms with E-state index in [-0.39, 0.29) is 18.6 Å². The molecule has 0 atom stereocenters. The minimum absolute atomic E-state index is 0.110. The number of amides is 3. The minimum Gasteiger partial charge on any atom is -0.492 e. The van der Waals surface area contributed by atoms with Crippen molar-refractivity contribution in [2.75, 3.05) is 47.0 Å². The molecule has 0 unspecified atom stereocenters. The van der Waals surface area contributed by atoms with Crippen molar-refractivity contribution in [2.45, 2.75) is 18.4 Å². The average molecular weight is 381 g/mol. The minimum atomic E-state index is -0.718. The standard InChI is InChI=1S/C18H25ClN4O3/c1-21-9-7-18(8-10-21)16(24)23(17(25)20-18)13-22(2)11-12-26-15-5-3-14(19)4-6-15/h3-6H,7-13H2,1-2H3,(H,20,25). The molecule has 2 aliphatic heterocycles. The molecule has 2 heterocycles. The van der Waals surface area contributed by atoms with Gasteiger partial charge in [-0.2, -0.15) is 0 Å². The molecule has 0 aromatic heterocycles. The highest BCUT2D eigenvalue weighted by Crippen LogP contribution is 2.29. The van der Waals surface area contributed by atoms with E-state index in [4.69, 9.17) is 16.3 Å². The number of benzene rings is 1. The van der Waals surface area contributed by atoms with E-state index < -0.39 is 5.54 Å². The summed E-state index contributed by atoms with van der Waals surface area (Å²) in [5, 5.41) is 3.59. The van der Waals surface area contributed by atoms with Crippen LogP contribution >= 0.6 is 11.6 Å². The Balaban J connectivity index is 1.49. The zero-order valence-electron chi connectivity index (χ0n) is 15.2. The van der Waals surface area contributed by atoms with E-state index in [2.05, 4.69) is 10.2 Å². The second-order valence-corrected chi connectivity index (χ2v) is 7.51. The Morgan fingerprint density at radius 1 is 1.23 bits per heavy atom. The second kappa shape index (κ2) is 7.82. The molecule has 0 radical (unpaired) electrons. The molecule has 8 heteroatoms. The predicted octanol–water partition coefficient (Wildman–Crippen LogP) is 1.62. The number of carbonyl (C=O) groups is 2. The summed E-state index contributed by atoms with van der Waals surface area (Å²) < 4.78 is 5.66. The molecule has 1 aromatic rings. The summed E-state index contributed by atoms with van der Waals surface area (Å²) in [4.78, 5) is 30.5. The van der Waals surface area contributed by atoms with Crippen LogP contribution in [0.4, 0.5) is 4.79 Å². The number of piperidine rings is 1. The first-order valence-electron chi connectivity index (χ1n) is 8.79. The van der Waals surface area contributed by atoms with E-state index in [1.165, 1.54) is 4.90 Å². The average Bonchev–Trinajstić information content (AvgIpc) is 2.84. The van der Waals surface area contributed by atoms with Crippen LogP contribution in [0.5, 0.6) is 5.75 Å². The Morgan fingerprint density at radius 2 is 1.88 bits per heavy atom. The first-order chi connectivity index (χ1) is 12.4. The van der Waals surface area contributed by atoms with Crippen molar-refractivity contribution >= 4 is 23.5 Å². The second-order valence-electron chi connectivity index (χ2n) is 7.07. The van der Waals surface area contributed by atoms with Gasteiger partial charge in [-0.3, -0.25) is 9.69 Å². The predicted molar refractivity (Wildman–Crippen MR) is 99.3 cm³/mol. The van der Waals surface area contributed by atoms with Gasteiger partial charge in [0.15, 0.2) is 0 Å². The van der Waals surface area contributed by atoms with Gasteiger partial charge in [-0.25, -0.2) is 9.69 Å². The Labute approximate surface area is 158 Å². The number of imide groups is 1. The monoisotopic (exact) mass is 380 g/mol. The van der Waals surface area contributed by atoms with Gasteiger partial charge in [0.2, 0.25) is 0 Å². The number of rotatable bonds is 6. The van der Waals surface area contributed by atoms with Crippen LogP contribution in [0.15, 0.2) is 24.3 Å². The Hall–Kier alpha value is -1.83. The normalized spacial score (nSPS) is 20.1. The zero-order valence-corrected chi connectivity index (χ0v) is 16.0. The molecule has 2 saturated heterocycles. The lowest BCUT2D eigenvalue weighted by atomic mass is 9.88. The van der Waals surface area contributed by atoms with Gasteiger partial charge in [-0.1, -0.05) is 11.6 Å². The van der Waals surface area contributed by atoms with Crippen LogP contribution in [0, 0.1) is 0 Å². The maximum atomic E-state index is 12.8. The summed E-state index contributed by atoms with van der Waals surface area (Å²) in [6, 6.07) is 6.86. The van der Waals surface area contributed by atoms with E-state index in [9.17, 15) is 9.59 Å². The molecule has 26 heavy (non-hydrogen) atoms. The number of nitrogens with one attached hydrogen (secondary N) is 1. The van der Waals surface area contributed by atoms with Crippen LogP contribution in [0.25, 0.3) is 0 Å². The van der Waals surface area contributed by atoms with Crippen LogP contribution in [0.3, 0.4) is 0 Å². The SMILES string of the molecule is CN1CCC2(CC1)NC(=O)N(CN(C)CCOc1ccc(Cl)cc1)C2=O. The van der Waals surface area contributed by atoms with Gasteiger partial charge in [0.25, 0.3) is 5.91 Å². The van der Waals surface area contributed by atoms with Crippen molar-refractivity contribution in [2.24, 2.45) is 0 Å². The molecule has 1 aromatic carbocycles. The Bertz CT molecular complexity index is 659. The third-order valence-electron chi connectivity index (χ3n) is 5.02. The number of ether oxygens (including phenoxy) is 1. The number of likely N-dealkylation sites (tertiary alicyclic amines) is 1. The van der Waals surface area contributed by atoms with Gasteiger partial charge < -0.3 is 15.0 Å². The van der Waals surface area contributed by atoms with Crippen molar-refractivity contribution in [1.82, 2.24) is 20.0 Å². The Kier molecular flexibility index (Phi) is 5.70. The summed E-state index contributed by atoms with van der Waals surface area (Å²) in [5.41, 5.74) is -0.718. The Morgan fingerprint density at radius 3 is 2.54 bits per heavy atom. The number of likely N-dealkylation sites (N-methyl/N-ethyl adjacent to an activating group) is 1. The summed E-state index contributed by atoms with van der Waals surface area (Å²) in [7, 11) is 3.89. The molecule has 142 valence electrons. The molecule has 1 N–H and O–H groups in total. The first kappa shape index (κ1) is 18.9. The zero-order chi connectivity index (χ0) is 18.7. The molecular formula is C18H25ClN4O3. The van der Waals surface area contributed by atoms with Gasteiger partial charge in [0, 0.05) is 24.7 Å². The number of hydrogen-bond acceptors (Lipinski definition) is 5. The maximum absolute atomic E-state index is 12.8. The quantitative estimate of drug-likeness (QED) is 0.760. The number of hydrogen-bond donors (Lipinski definition) is 1. The van der Waals surface area contributed by atoms with Crippen molar-refractivity contribution in [3.05, 3.63) is 29.3 Å². The van der Waals surface area contributed by atoms with Gasteiger partial charge in [-0.15, -0.1) is 0 Å². The lowest BCUT2D eigenvalue weighted by Gasteiger charge is -2.35. The van der Waals surface area contributed by atoms with E-state index in [1.54, 1.807) is 12.1 Å². The number of nitrogens with zero attached hydrogens (tertiary/aromatic N) is 3. The summed E-state index contributed by atoms with van der Waals surface area (Å²) >= 11 is 5.85. The molecule has 3 rings (SSSR count). The fourth-order valence-electron chi connectivity index (χ4n) is 3.31.